The zero-order valence-corrected chi connectivity index (χ0v) is 19.7. The molecule has 1 aromatic heterocycles. The zero-order valence-electron chi connectivity index (χ0n) is 18.1. The molecule has 0 radical (unpaired) electrons. The molecule has 0 atom stereocenters. The molecule has 1 saturated heterocycles. The van der Waals surface area contributed by atoms with Crippen LogP contribution in [0.25, 0.3) is 10.2 Å². The quantitative estimate of drug-likeness (QED) is 0.593. The molecule has 0 spiro atoms. The van der Waals surface area contributed by atoms with Crippen LogP contribution in [0.5, 0.6) is 0 Å². The number of rotatable bonds is 3. The standard InChI is InChI=1S/C23H27N3O3S2/c1-16-14-17(2)21-20(15-16)30-23(25(21)3)24-22(27)18-8-10-19(11-9-18)31(28,29)26-12-6-4-5-7-13-26/h8-11,14-15H,4-7,12-13H2,1-3H3. The molecule has 6 nitrogen and oxygen atoms in total. The van der Waals surface area contributed by atoms with Crippen LogP contribution in [0.15, 0.2) is 46.3 Å². The van der Waals surface area contributed by atoms with E-state index in [4.69, 9.17) is 0 Å². The van der Waals surface area contributed by atoms with Gasteiger partial charge < -0.3 is 4.57 Å². The van der Waals surface area contributed by atoms with Gasteiger partial charge >= 0.3 is 0 Å². The van der Waals surface area contributed by atoms with Gasteiger partial charge in [-0.2, -0.15) is 9.30 Å². The van der Waals surface area contributed by atoms with E-state index in [9.17, 15) is 13.2 Å². The average Bonchev–Trinajstić information content (AvgIpc) is 2.90. The van der Waals surface area contributed by atoms with Crippen molar-refractivity contribution in [1.82, 2.24) is 8.87 Å². The Kier molecular flexibility index (Phi) is 6.14. The van der Waals surface area contributed by atoms with Gasteiger partial charge in [0.25, 0.3) is 5.91 Å². The lowest BCUT2D eigenvalue weighted by atomic mass is 10.1. The van der Waals surface area contributed by atoms with Crippen LogP contribution in [0.1, 0.15) is 47.2 Å². The summed E-state index contributed by atoms with van der Waals surface area (Å²) in [6, 6.07) is 10.4. The van der Waals surface area contributed by atoms with Gasteiger partial charge in [-0.1, -0.05) is 30.2 Å². The maximum Gasteiger partial charge on any atom is 0.279 e. The Balaban J connectivity index is 1.63. The highest BCUT2D eigenvalue weighted by Crippen LogP contribution is 2.23. The smallest absolute Gasteiger partial charge is 0.279 e. The highest BCUT2D eigenvalue weighted by molar-refractivity contribution is 7.89. The molecule has 31 heavy (non-hydrogen) atoms. The van der Waals surface area contributed by atoms with Crippen LogP contribution in [0.4, 0.5) is 0 Å². The summed E-state index contributed by atoms with van der Waals surface area (Å²) in [5.74, 6) is -0.379. The largest absolute Gasteiger partial charge is 0.319 e. The average molecular weight is 458 g/mol. The maximum absolute atomic E-state index is 12.9. The highest BCUT2D eigenvalue weighted by Gasteiger charge is 2.25. The number of carbonyl (C=O) groups is 1. The summed E-state index contributed by atoms with van der Waals surface area (Å²) in [6.07, 6.45) is 3.91. The fourth-order valence-corrected chi connectivity index (χ4v) is 6.85. The number of benzene rings is 2. The Bertz CT molecular complexity index is 1290. The van der Waals surface area contributed by atoms with E-state index in [1.807, 2.05) is 11.6 Å². The molecule has 0 N–H and O–H groups in total. The Morgan fingerprint density at radius 2 is 1.65 bits per heavy atom. The number of thiazole rings is 1. The number of aryl methyl sites for hydroxylation is 3. The van der Waals surface area contributed by atoms with Crippen LogP contribution >= 0.6 is 11.3 Å². The van der Waals surface area contributed by atoms with Crippen molar-refractivity contribution < 1.29 is 13.2 Å². The minimum absolute atomic E-state index is 0.226. The Hall–Kier alpha value is -2.29. The SMILES string of the molecule is Cc1cc(C)c2c(c1)sc(=NC(=O)c1ccc(S(=O)(=O)N3CCCCCC3)cc1)n2C. The van der Waals surface area contributed by atoms with Gasteiger partial charge in [-0.25, -0.2) is 8.42 Å². The molecule has 1 aliphatic heterocycles. The predicted octanol–water partition coefficient (Wildman–Crippen LogP) is 4.16. The van der Waals surface area contributed by atoms with Crippen LogP contribution in [0, 0.1) is 13.8 Å². The number of sulfonamides is 1. The molecule has 1 fully saturated rings. The maximum atomic E-state index is 12.9. The summed E-state index contributed by atoms with van der Waals surface area (Å²) in [6.45, 7) is 5.21. The van der Waals surface area contributed by atoms with Gasteiger partial charge in [0.15, 0.2) is 4.80 Å². The van der Waals surface area contributed by atoms with Crippen molar-refractivity contribution in [3.8, 4) is 0 Å². The first kappa shape index (κ1) is 21.9. The van der Waals surface area contributed by atoms with E-state index in [0.717, 1.165) is 41.5 Å². The summed E-state index contributed by atoms with van der Waals surface area (Å²) in [5.41, 5.74) is 3.76. The summed E-state index contributed by atoms with van der Waals surface area (Å²) in [7, 11) is -1.62. The Labute approximate surface area is 186 Å². The van der Waals surface area contributed by atoms with Gasteiger partial charge in [0, 0.05) is 25.7 Å². The van der Waals surface area contributed by atoms with E-state index in [0.29, 0.717) is 23.5 Å². The second kappa shape index (κ2) is 8.68. The summed E-state index contributed by atoms with van der Waals surface area (Å²) < 4.78 is 30.4. The van der Waals surface area contributed by atoms with Crippen molar-refractivity contribution >= 4 is 37.5 Å². The van der Waals surface area contributed by atoms with E-state index in [-0.39, 0.29) is 10.8 Å². The number of nitrogens with zero attached hydrogens (tertiary/aromatic N) is 3. The first-order chi connectivity index (χ1) is 14.8. The van der Waals surface area contributed by atoms with Crippen LogP contribution in [-0.4, -0.2) is 36.3 Å². The van der Waals surface area contributed by atoms with Crippen LogP contribution in [0.3, 0.4) is 0 Å². The number of aromatic nitrogens is 1. The van der Waals surface area contributed by atoms with Gasteiger partial charge in [0.05, 0.1) is 15.1 Å². The van der Waals surface area contributed by atoms with Gasteiger partial charge in [-0.15, -0.1) is 0 Å². The topological polar surface area (TPSA) is 71.7 Å². The van der Waals surface area contributed by atoms with E-state index in [1.165, 1.54) is 29.0 Å². The number of fused-ring (bicyclic) bond motifs is 1. The van der Waals surface area contributed by atoms with Gasteiger partial charge in [0.1, 0.15) is 0 Å². The molecule has 4 rings (SSSR count). The third-order valence-electron chi connectivity index (χ3n) is 5.73. The number of amides is 1. The minimum Gasteiger partial charge on any atom is -0.319 e. The number of carbonyl (C=O) groups excluding carboxylic acids is 1. The van der Waals surface area contributed by atoms with Crippen LogP contribution in [-0.2, 0) is 17.1 Å². The molecule has 0 aliphatic carbocycles. The molecule has 0 bridgehead atoms. The highest BCUT2D eigenvalue weighted by atomic mass is 32.2. The van der Waals surface area contributed by atoms with Crippen molar-refractivity contribution in [1.29, 1.82) is 0 Å². The molecule has 2 heterocycles. The second-order valence-corrected chi connectivity index (χ2v) is 11.1. The van der Waals surface area contributed by atoms with Gasteiger partial charge in [0.2, 0.25) is 10.0 Å². The molecule has 3 aromatic rings. The summed E-state index contributed by atoms with van der Waals surface area (Å²) in [4.78, 5) is 17.9. The third kappa shape index (κ3) is 4.37. The molecule has 164 valence electrons. The van der Waals surface area contributed by atoms with Crippen molar-refractivity contribution in [2.24, 2.45) is 12.0 Å². The van der Waals surface area contributed by atoms with Crippen molar-refractivity contribution in [2.75, 3.05) is 13.1 Å². The molecule has 8 heteroatoms. The molecule has 1 amide bonds. The normalized spacial score (nSPS) is 16.5. The zero-order chi connectivity index (χ0) is 22.2. The Morgan fingerprint density at radius 1 is 1.00 bits per heavy atom. The van der Waals surface area contributed by atoms with E-state index in [1.54, 1.807) is 16.4 Å². The van der Waals surface area contributed by atoms with E-state index >= 15 is 0 Å². The first-order valence-electron chi connectivity index (χ1n) is 10.5. The van der Waals surface area contributed by atoms with Gasteiger partial charge in [-0.3, -0.25) is 4.79 Å². The molecule has 0 unspecified atom stereocenters. The lowest BCUT2D eigenvalue weighted by molar-refractivity contribution is 0.0998. The van der Waals surface area contributed by atoms with E-state index < -0.39 is 10.0 Å². The second-order valence-electron chi connectivity index (χ2n) is 8.13. The summed E-state index contributed by atoms with van der Waals surface area (Å²) >= 11 is 1.48. The lowest BCUT2D eigenvalue weighted by Crippen LogP contribution is -2.31. The predicted molar refractivity (Wildman–Crippen MR) is 124 cm³/mol. The monoisotopic (exact) mass is 457 g/mol. The van der Waals surface area contributed by atoms with Crippen LogP contribution in [0.2, 0.25) is 0 Å². The van der Waals surface area contributed by atoms with Crippen LogP contribution < -0.4 is 4.80 Å². The molecule has 1 aliphatic rings. The number of hydrogen-bond donors (Lipinski definition) is 0. The lowest BCUT2D eigenvalue weighted by Gasteiger charge is -2.19. The third-order valence-corrected chi connectivity index (χ3v) is 8.73. The fourth-order valence-electron chi connectivity index (χ4n) is 4.14. The van der Waals surface area contributed by atoms with Crippen molar-refractivity contribution in [3.63, 3.8) is 0 Å². The molecular weight excluding hydrogens is 430 g/mol. The summed E-state index contributed by atoms with van der Waals surface area (Å²) in [5, 5.41) is 0. The minimum atomic E-state index is -3.53. The fraction of sp³-hybridized carbons (Fsp3) is 0.391. The van der Waals surface area contributed by atoms with E-state index in [2.05, 4.69) is 31.0 Å². The molecule has 2 aromatic carbocycles. The Morgan fingerprint density at radius 3 is 2.29 bits per heavy atom. The molecular formula is C23H27N3O3S2. The van der Waals surface area contributed by atoms with Crippen molar-refractivity contribution in [3.05, 3.63) is 57.9 Å². The first-order valence-corrected chi connectivity index (χ1v) is 12.8. The van der Waals surface area contributed by atoms with Gasteiger partial charge in [-0.05, 0) is 68.1 Å². The molecule has 0 saturated carbocycles. The van der Waals surface area contributed by atoms with Crippen molar-refractivity contribution in [2.45, 2.75) is 44.4 Å². The number of hydrogen-bond acceptors (Lipinski definition) is 4.